The molecule has 1 aliphatic heterocycles. The summed E-state index contributed by atoms with van der Waals surface area (Å²) in [5, 5.41) is 1.65. The third-order valence-corrected chi connectivity index (χ3v) is 5.54. The highest BCUT2D eigenvalue weighted by molar-refractivity contribution is 8.19. The Morgan fingerprint density at radius 2 is 1.66 bits per heavy atom. The van der Waals surface area contributed by atoms with E-state index in [1.807, 2.05) is 91.0 Å². The lowest BCUT2D eigenvalue weighted by molar-refractivity contribution is -0.113. The molecular formula is C24H16N2O2S. The minimum absolute atomic E-state index is 0.0804. The van der Waals surface area contributed by atoms with Crippen LogP contribution in [-0.2, 0) is 4.79 Å². The summed E-state index contributed by atoms with van der Waals surface area (Å²) in [6, 6.07) is 27.1. The Morgan fingerprint density at radius 3 is 2.45 bits per heavy atom. The van der Waals surface area contributed by atoms with Gasteiger partial charge in [0, 0.05) is 5.39 Å². The fourth-order valence-electron chi connectivity index (χ4n) is 3.19. The van der Waals surface area contributed by atoms with Gasteiger partial charge in [0.1, 0.15) is 5.58 Å². The van der Waals surface area contributed by atoms with E-state index < -0.39 is 0 Å². The molecule has 2 heterocycles. The van der Waals surface area contributed by atoms with Gasteiger partial charge >= 0.3 is 0 Å². The van der Waals surface area contributed by atoms with E-state index in [-0.39, 0.29) is 5.91 Å². The van der Waals surface area contributed by atoms with Gasteiger partial charge in [-0.2, -0.15) is 0 Å². The Morgan fingerprint density at radius 1 is 0.897 bits per heavy atom. The summed E-state index contributed by atoms with van der Waals surface area (Å²) in [4.78, 5) is 20.3. The summed E-state index contributed by atoms with van der Waals surface area (Å²) in [6.07, 6.45) is 3.57. The van der Waals surface area contributed by atoms with Crippen molar-refractivity contribution in [1.82, 2.24) is 0 Å². The fraction of sp³-hybridized carbons (Fsp3) is 0. The topological polar surface area (TPSA) is 45.8 Å². The number of hydrogen-bond acceptors (Lipinski definition) is 4. The average Bonchev–Trinajstić information content (AvgIpc) is 3.34. The van der Waals surface area contributed by atoms with Crippen LogP contribution in [0, 0.1) is 0 Å². The molecule has 0 N–H and O–H groups in total. The fourth-order valence-corrected chi connectivity index (χ4v) is 4.19. The molecule has 1 fully saturated rings. The van der Waals surface area contributed by atoms with Crippen molar-refractivity contribution in [3.63, 3.8) is 0 Å². The van der Waals surface area contributed by atoms with Gasteiger partial charge in [-0.25, -0.2) is 4.99 Å². The summed E-state index contributed by atoms with van der Waals surface area (Å²) in [7, 11) is 0. The number of benzene rings is 3. The molecule has 1 aliphatic rings. The minimum atomic E-state index is -0.0804. The van der Waals surface area contributed by atoms with Crippen LogP contribution in [0.2, 0.25) is 0 Å². The van der Waals surface area contributed by atoms with E-state index in [0.29, 0.717) is 10.1 Å². The Kier molecular flexibility index (Phi) is 4.50. The first kappa shape index (κ1) is 17.5. The highest BCUT2D eigenvalue weighted by Crippen LogP contribution is 2.37. The van der Waals surface area contributed by atoms with Gasteiger partial charge in [0.15, 0.2) is 5.17 Å². The van der Waals surface area contributed by atoms with Crippen molar-refractivity contribution in [3.8, 4) is 0 Å². The van der Waals surface area contributed by atoms with E-state index >= 15 is 0 Å². The molecule has 0 bridgehead atoms. The van der Waals surface area contributed by atoms with Crippen LogP contribution >= 0.6 is 11.8 Å². The van der Waals surface area contributed by atoms with Gasteiger partial charge in [-0.1, -0.05) is 42.5 Å². The highest BCUT2D eigenvalue weighted by Gasteiger charge is 2.34. The smallest absolute Gasteiger partial charge is 0.271 e. The second-order valence-electron chi connectivity index (χ2n) is 6.53. The number of carbonyl (C=O) groups excluding carboxylic acids is 1. The molecule has 0 saturated carbocycles. The highest BCUT2D eigenvalue weighted by atomic mass is 32.2. The van der Waals surface area contributed by atoms with E-state index in [9.17, 15) is 4.79 Å². The molecule has 0 aliphatic carbocycles. The van der Waals surface area contributed by atoms with Crippen molar-refractivity contribution in [2.24, 2.45) is 4.99 Å². The molecule has 0 unspecified atom stereocenters. The molecule has 0 atom stereocenters. The zero-order chi connectivity index (χ0) is 19.6. The minimum Gasteiger partial charge on any atom is -0.464 e. The van der Waals surface area contributed by atoms with Gasteiger partial charge in [-0.15, -0.1) is 0 Å². The molecule has 4 aromatic rings. The van der Waals surface area contributed by atoms with Gasteiger partial charge in [0.05, 0.1) is 22.5 Å². The third-order valence-electron chi connectivity index (χ3n) is 4.58. The lowest BCUT2D eigenvalue weighted by Crippen LogP contribution is -2.28. The number of thioether (sulfide) groups is 1. The molecule has 1 saturated heterocycles. The number of amides is 1. The summed E-state index contributed by atoms with van der Waals surface area (Å²) >= 11 is 1.38. The quantitative estimate of drug-likeness (QED) is 0.385. The van der Waals surface area contributed by atoms with E-state index in [2.05, 4.69) is 0 Å². The molecule has 5 heteroatoms. The molecule has 4 nitrogen and oxygen atoms in total. The SMILES string of the molecule is O=C1C(=Cc2ccc3occc3c2)SC(=Nc2ccccc2)N1c1ccccc1. The molecule has 5 rings (SSSR count). The maximum Gasteiger partial charge on any atom is 0.271 e. The number of hydrogen-bond donors (Lipinski definition) is 0. The van der Waals surface area contributed by atoms with E-state index in [4.69, 9.17) is 9.41 Å². The standard InChI is InChI=1S/C24H16N2O2S/c27-23-22(16-17-11-12-21-18(15-17)13-14-28-21)29-24(25-19-7-3-1-4-8-19)26(23)20-9-5-2-6-10-20/h1-16H. The molecule has 1 amide bonds. The van der Waals surface area contributed by atoms with Crippen molar-refractivity contribution in [1.29, 1.82) is 0 Å². The number of amidine groups is 1. The van der Waals surface area contributed by atoms with E-state index in [1.165, 1.54) is 11.8 Å². The lowest BCUT2D eigenvalue weighted by atomic mass is 10.1. The van der Waals surface area contributed by atoms with Gasteiger partial charge in [0.25, 0.3) is 5.91 Å². The van der Waals surface area contributed by atoms with Crippen LogP contribution in [0.15, 0.2) is 106 Å². The number of carbonyl (C=O) groups is 1. The zero-order valence-electron chi connectivity index (χ0n) is 15.4. The van der Waals surface area contributed by atoms with Crippen molar-refractivity contribution in [3.05, 3.63) is 102 Å². The maximum absolute atomic E-state index is 13.3. The van der Waals surface area contributed by atoms with Crippen LogP contribution in [0.1, 0.15) is 5.56 Å². The lowest BCUT2D eigenvalue weighted by Gasteiger charge is -2.15. The van der Waals surface area contributed by atoms with Gasteiger partial charge < -0.3 is 4.42 Å². The van der Waals surface area contributed by atoms with E-state index in [0.717, 1.165) is 27.9 Å². The normalized spacial score (nSPS) is 17.0. The predicted octanol–water partition coefficient (Wildman–Crippen LogP) is 6.24. The first-order valence-corrected chi connectivity index (χ1v) is 10.00. The molecule has 29 heavy (non-hydrogen) atoms. The monoisotopic (exact) mass is 396 g/mol. The molecular weight excluding hydrogens is 380 g/mol. The molecule has 140 valence electrons. The number of anilines is 1. The van der Waals surface area contributed by atoms with Crippen molar-refractivity contribution in [2.75, 3.05) is 4.90 Å². The molecule has 0 spiro atoms. The number of fused-ring (bicyclic) bond motifs is 1. The van der Waals surface area contributed by atoms with Crippen LogP contribution in [0.4, 0.5) is 11.4 Å². The van der Waals surface area contributed by atoms with Gasteiger partial charge in [-0.3, -0.25) is 9.69 Å². The first-order chi connectivity index (χ1) is 14.3. The molecule has 3 aromatic carbocycles. The number of furan rings is 1. The maximum atomic E-state index is 13.3. The Hall–Kier alpha value is -3.57. The van der Waals surface area contributed by atoms with Crippen LogP contribution in [0.25, 0.3) is 17.0 Å². The number of para-hydroxylation sites is 2. The number of rotatable bonds is 3. The third kappa shape index (κ3) is 3.48. The van der Waals surface area contributed by atoms with Crippen LogP contribution in [-0.4, -0.2) is 11.1 Å². The summed E-state index contributed by atoms with van der Waals surface area (Å²) in [6.45, 7) is 0. The first-order valence-electron chi connectivity index (χ1n) is 9.18. The Balaban J connectivity index is 1.57. The van der Waals surface area contributed by atoms with Crippen molar-refractivity contribution >= 4 is 51.3 Å². The molecule has 1 aromatic heterocycles. The average molecular weight is 396 g/mol. The van der Waals surface area contributed by atoms with Crippen LogP contribution < -0.4 is 4.90 Å². The predicted molar refractivity (Wildman–Crippen MR) is 119 cm³/mol. The Labute approximate surface area is 172 Å². The summed E-state index contributed by atoms with van der Waals surface area (Å²) < 4.78 is 5.40. The zero-order valence-corrected chi connectivity index (χ0v) is 16.2. The van der Waals surface area contributed by atoms with Gasteiger partial charge in [-0.05, 0) is 65.9 Å². The van der Waals surface area contributed by atoms with E-state index in [1.54, 1.807) is 11.2 Å². The number of aliphatic imine (C=N–C) groups is 1. The van der Waals surface area contributed by atoms with Crippen molar-refractivity contribution in [2.45, 2.75) is 0 Å². The largest absolute Gasteiger partial charge is 0.464 e. The second-order valence-corrected chi connectivity index (χ2v) is 7.54. The Bertz CT molecular complexity index is 1240. The number of nitrogens with zero attached hydrogens (tertiary/aromatic N) is 2. The van der Waals surface area contributed by atoms with Crippen LogP contribution in [0.3, 0.4) is 0 Å². The van der Waals surface area contributed by atoms with Crippen LogP contribution in [0.5, 0.6) is 0 Å². The summed E-state index contributed by atoms with van der Waals surface area (Å²) in [5.74, 6) is -0.0804. The molecule has 0 radical (unpaired) electrons. The second kappa shape index (κ2) is 7.45. The summed E-state index contributed by atoms with van der Waals surface area (Å²) in [5.41, 5.74) is 3.39. The van der Waals surface area contributed by atoms with Gasteiger partial charge in [0.2, 0.25) is 0 Å². The van der Waals surface area contributed by atoms with Crippen molar-refractivity contribution < 1.29 is 9.21 Å².